The number of carbonyl (C=O) groups is 1. The molecule has 14 heavy (non-hydrogen) atoms. The maximum absolute atomic E-state index is 11.5. The molecule has 0 radical (unpaired) electrons. The first-order valence-corrected chi connectivity index (χ1v) is 5.42. The topological polar surface area (TPSA) is 41.6 Å². The molecule has 2 aliphatic rings. The van der Waals surface area contributed by atoms with E-state index in [-0.39, 0.29) is 5.91 Å². The zero-order chi connectivity index (χ0) is 9.80. The smallest absolute Gasteiger partial charge is 0.236 e. The first-order valence-electron chi connectivity index (χ1n) is 5.42. The highest BCUT2D eigenvalue weighted by atomic mass is 16.5. The molecule has 0 saturated carbocycles. The van der Waals surface area contributed by atoms with Crippen molar-refractivity contribution in [1.82, 2.24) is 10.2 Å². The van der Waals surface area contributed by atoms with E-state index in [1.165, 1.54) is 6.42 Å². The number of amides is 1. The number of rotatable bonds is 2. The first-order chi connectivity index (χ1) is 6.86. The molecule has 2 heterocycles. The van der Waals surface area contributed by atoms with Crippen LogP contribution in [0.2, 0.25) is 0 Å². The molecule has 2 fully saturated rings. The number of nitrogens with one attached hydrogen (secondary N) is 1. The van der Waals surface area contributed by atoms with E-state index in [4.69, 9.17) is 4.74 Å². The molecule has 1 unspecified atom stereocenters. The molecular formula is C10H18N2O2. The lowest BCUT2D eigenvalue weighted by molar-refractivity contribution is -0.133. The third-order valence-electron chi connectivity index (χ3n) is 2.92. The van der Waals surface area contributed by atoms with Crippen LogP contribution >= 0.6 is 0 Å². The largest absolute Gasteiger partial charge is 0.381 e. The Morgan fingerprint density at radius 2 is 2.50 bits per heavy atom. The fraction of sp³-hybridized carbons (Fsp3) is 0.900. The highest BCUT2D eigenvalue weighted by molar-refractivity contribution is 5.78. The lowest BCUT2D eigenvalue weighted by Gasteiger charge is -2.32. The molecule has 1 amide bonds. The Labute approximate surface area is 84.6 Å². The average Bonchev–Trinajstić information content (AvgIpc) is 2.23. The van der Waals surface area contributed by atoms with Crippen molar-refractivity contribution in [2.45, 2.75) is 12.8 Å². The van der Waals surface area contributed by atoms with E-state index in [0.29, 0.717) is 12.5 Å². The molecule has 0 spiro atoms. The monoisotopic (exact) mass is 198 g/mol. The van der Waals surface area contributed by atoms with E-state index in [9.17, 15) is 4.79 Å². The lowest BCUT2D eigenvalue weighted by Crippen LogP contribution is -2.50. The number of carbonyl (C=O) groups excluding carboxylic acids is 1. The highest BCUT2D eigenvalue weighted by Crippen LogP contribution is 2.15. The molecule has 4 nitrogen and oxygen atoms in total. The summed E-state index contributed by atoms with van der Waals surface area (Å²) in [4.78, 5) is 13.5. The fourth-order valence-corrected chi connectivity index (χ4v) is 2.10. The molecule has 0 bridgehead atoms. The van der Waals surface area contributed by atoms with Crippen molar-refractivity contribution in [2.24, 2.45) is 5.92 Å². The Bertz CT molecular complexity index is 202. The summed E-state index contributed by atoms with van der Waals surface area (Å²) in [5, 5.41) is 3.08. The second-order valence-electron chi connectivity index (χ2n) is 4.10. The van der Waals surface area contributed by atoms with Crippen LogP contribution in [0, 0.1) is 5.92 Å². The van der Waals surface area contributed by atoms with Crippen LogP contribution in [0.3, 0.4) is 0 Å². The van der Waals surface area contributed by atoms with E-state index in [2.05, 4.69) is 5.32 Å². The van der Waals surface area contributed by atoms with Crippen LogP contribution in [0.25, 0.3) is 0 Å². The molecule has 1 N–H and O–H groups in total. The third kappa shape index (κ3) is 2.45. The van der Waals surface area contributed by atoms with Crippen LogP contribution < -0.4 is 5.32 Å². The summed E-state index contributed by atoms with van der Waals surface area (Å²) in [5.74, 6) is 0.799. The van der Waals surface area contributed by atoms with E-state index < -0.39 is 0 Å². The van der Waals surface area contributed by atoms with E-state index in [1.54, 1.807) is 0 Å². The first kappa shape index (κ1) is 9.93. The number of hydrogen-bond acceptors (Lipinski definition) is 3. The summed E-state index contributed by atoms with van der Waals surface area (Å²) in [7, 11) is 0. The van der Waals surface area contributed by atoms with Crippen molar-refractivity contribution in [3.8, 4) is 0 Å². The van der Waals surface area contributed by atoms with Crippen molar-refractivity contribution >= 4 is 5.91 Å². The standard InChI is InChI=1S/C10H18N2O2/c13-10-6-11-3-4-12(10)7-9-2-1-5-14-8-9/h9,11H,1-8H2. The summed E-state index contributed by atoms with van der Waals surface area (Å²) in [5.41, 5.74) is 0. The van der Waals surface area contributed by atoms with Gasteiger partial charge in [0.2, 0.25) is 5.91 Å². The molecule has 2 rings (SSSR count). The maximum Gasteiger partial charge on any atom is 0.236 e. The van der Waals surface area contributed by atoms with Crippen molar-refractivity contribution in [2.75, 3.05) is 39.4 Å². The van der Waals surface area contributed by atoms with Gasteiger partial charge >= 0.3 is 0 Å². The zero-order valence-corrected chi connectivity index (χ0v) is 8.50. The minimum atomic E-state index is 0.238. The van der Waals surface area contributed by atoms with Gasteiger partial charge < -0.3 is 15.0 Å². The second kappa shape index (κ2) is 4.75. The van der Waals surface area contributed by atoms with Crippen LogP contribution in [0.5, 0.6) is 0 Å². The number of hydrogen-bond donors (Lipinski definition) is 1. The molecule has 2 saturated heterocycles. The molecule has 2 aliphatic heterocycles. The predicted octanol–water partition coefficient (Wildman–Crippen LogP) is -0.155. The van der Waals surface area contributed by atoms with Crippen molar-refractivity contribution in [3.05, 3.63) is 0 Å². The Balaban J connectivity index is 1.79. The highest BCUT2D eigenvalue weighted by Gasteiger charge is 2.22. The third-order valence-corrected chi connectivity index (χ3v) is 2.92. The average molecular weight is 198 g/mol. The van der Waals surface area contributed by atoms with Crippen LogP contribution in [0.15, 0.2) is 0 Å². The van der Waals surface area contributed by atoms with Crippen molar-refractivity contribution in [1.29, 1.82) is 0 Å². The number of nitrogens with zero attached hydrogens (tertiary/aromatic N) is 1. The van der Waals surface area contributed by atoms with Crippen LogP contribution in [-0.4, -0.2) is 50.2 Å². The van der Waals surface area contributed by atoms with Crippen LogP contribution in [0.4, 0.5) is 0 Å². The van der Waals surface area contributed by atoms with Gasteiger partial charge in [0.25, 0.3) is 0 Å². The van der Waals surface area contributed by atoms with Crippen molar-refractivity contribution in [3.63, 3.8) is 0 Å². The van der Waals surface area contributed by atoms with Gasteiger partial charge in [-0.05, 0) is 18.8 Å². The van der Waals surface area contributed by atoms with E-state index in [1.807, 2.05) is 4.90 Å². The molecular weight excluding hydrogens is 180 g/mol. The Morgan fingerprint density at radius 3 is 3.21 bits per heavy atom. The van der Waals surface area contributed by atoms with Gasteiger partial charge in [-0.2, -0.15) is 0 Å². The van der Waals surface area contributed by atoms with Gasteiger partial charge in [0.15, 0.2) is 0 Å². The summed E-state index contributed by atoms with van der Waals surface area (Å²) in [6, 6.07) is 0. The molecule has 0 aliphatic carbocycles. The van der Waals surface area contributed by atoms with Crippen molar-refractivity contribution < 1.29 is 9.53 Å². The number of ether oxygens (including phenoxy) is 1. The minimum Gasteiger partial charge on any atom is -0.381 e. The normalized spacial score (nSPS) is 29.3. The minimum absolute atomic E-state index is 0.238. The fourth-order valence-electron chi connectivity index (χ4n) is 2.10. The van der Waals surface area contributed by atoms with Gasteiger partial charge in [0.1, 0.15) is 0 Å². The molecule has 1 atom stereocenters. The second-order valence-corrected chi connectivity index (χ2v) is 4.10. The summed E-state index contributed by atoms with van der Waals surface area (Å²) in [6.07, 6.45) is 2.35. The molecule has 0 aromatic rings. The quantitative estimate of drug-likeness (QED) is 0.670. The van der Waals surface area contributed by atoms with Gasteiger partial charge in [0.05, 0.1) is 13.2 Å². The van der Waals surface area contributed by atoms with Gasteiger partial charge in [0, 0.05) is 26.2 Å². The van der Waals surface area contributed by atoms with Gasteiger partial charge in [-0.25, -0.2) is 0 Å². The van der Waals surface area contributed by atoms with Gasteiger partial charge in [-0.3, -0.25) is 4.79 Å². The van der Waals surface area contributed by atoms with E-state index >= 15 is 0 Å². The zero-order valence-electron chi connectivity index (χ0n) is 8.50. The Hall–Kier alpha value is -0.610. The Morgan fingerprint density at radius 1 is 1.57 bits per heavy atom. The van der Waals surface area contributed by atoms with Gasteiger partial charge in [-0.15, -0.1) is 0 Å². The van der Waals surface area contributed by atoms with Crippen LogP contribution in [-0.2, 0) is 9.53 Å². The molecule has 0 aromatic heterocycles. The predicted molar refractivity (Wildman–Crippen MR) is 53.0 cm³/mol. The molecule has 4 heteroatoms. The molecule has 80 valence electrons. The summed E-state index contributed by atoms with van der Waals surface area (Å²) < 4.78 is 5.41. The SMILES string of the molecule is O=C1CNCCN1CC1CCCOC1. The van der Waals surface area contributed by atoms with E-state index in [0.717, 1.165) is 39.3 Å². The number of piperazine rings is 1. The summed E-state index contributed by atoms with van der Waals surface area (Å²) in [6.45, 7) is 4.91. The van der Waals surface area contributed by atoms with Crippen LogP contribution in [0.1, 0.15) is 12.8 Å². The Kier molecular flexibility index (Phi) is 3.37. The maximum atomic E-state index is 11.5. The molecule has 0 aromatic carbocycles. The van der Waals surface area contributed by atoms with Gasteiger partial charge in [-0.1, -0.05) is 0 Å². The lowest BCUT2D eigenvalue weighted by atomic mass is 10.0. The summed E-state index contributed by atoms with van der Waals surface area (Å²) >= 11 is 0.